The van der Waals surface area contributed by atoms with Crippen LogP contribution in [0.25, 0.3) is 10.9 Å². The van der Waals surface area contributed by atoms with Crippen LogP contribution in [-0.4, -0.2) is 100 Å². The molecule has 0 radical (unpaired) electrons. The van der Waals surface area contributed by atoms with E-state index in [-0.39, 0.29) is 42.6 Å². The van der Waals surface area contributed by atoms with Gasteiger partial charge in [-0.2, -0.15) is 0 Å². The molecule has 0 amide bonds. The number of methoxy groups -OCH3 is 1. The zero-order valence-electron chi connectivity index (χ0n) is 26.1. The molecular formula is C33H39FN6O6. The van der Waals surface area contributed by atoms with Crippen molar-refractivity contribution >= 4 is 28.2 Å². The van der Waals surface area contributed by atoms with Crippen LogP contribution in [0.1, 0.15) is 44.6 Å². The number of piperazine rings is 1. The zero-order valence-corrected chi connectivity index (χ0v) is 26.1. The number of esters is 1. The van der Waals surface area contributed by atoms with Gasteiger partial charge in [0.2, 0.25) is 0 Å². The van der Waals surface area contributed by atoms with Gasteiger partial charge in [0, 0.05) is 49.7 Å². The number of hydrogen-bond donors (Lipinski definition) is 0. The van der Waals surface area contributed by atoms with Gasteiger partial charge in [-0.15, -0.1) is 0 Å². The Hall–Kier alpha value is -4.10. The second-order valence-electron chi connectivity index (χ2n) is 12.8. The van der Waals surface area contributed by atoms with Gasteiger partial charge in [-0.1, -0.05) is 12.1 Å². The summed E-state index contributed by atoms with van der Waals surface area (Å²) in [5, 5.41) is 13.5. The molecule has 2 bridgehead atoms. The summed E-state index contributed by atoms with van der Waals surface area (Å²) in [6, 6.07) is 8.57. The van der Waals surface area contributed by atoms with Crippen LogP contribution in [0.4, 0.5) is 15.8 Å². The molecule has 2 aromatic heterocycles. The highest BCUT2D eigenvalue weighted by Gasteiger charge is 2.53. The van der Waals surface area contributed by atoms with Crippen LogP contribution in [0.2, 0.25) is 0 Å². The minimum atomic E-state index is -0.960. The lowest BCUT2D eigenvalue weighted by Crippen LogP contribution is -2.62. The van der Waals surface area contributed by atoms with Crippen LogP contribution in [0.5, 0.6) is 11.6 Å². The number of carbonyl (C=O) groups is 1. The van der Waals surface area contributed by atoms with Crippen molar-refractivity contribution in [2.45, 2.75) is 75.4 Å². The predicted molar refractivity (Wildman–Crippen MR) is 168 cm³/mol. The molecule has 4 aliphatic rings. The van der Waals surface area contributed by atoms with Gasteiger partial charge in [0.25, 0.3) is 5.88 Å². The van der Waals surface area contributed by atoms with E-state index in [1.54, 1.807) is 32.5 Å². The van der Waals surface area contributed by atoms with Crippen LogP contribution in [0.15, 0.2) is 42.7 Å². The molecule has 244 valence electrons. The fourth-order valence-corrected chi connectivity index (χ4v) is 8.25. The number of anilines is 1. The molecule has 1 aromatic carbocycles. The molecule has 0 saturated carbocycles. The Balaban J connectivity index is 1.29. The number of alkyl halides is 1. The summed E-state index contributed by atoms with van der Waals surface area (Å²) in [6.07, 6.45) is 5.74. The van der Waals surface area contributed by atoms with Crippen molar-refractivity contribution in [3.8, 4) is 11.6 Å². The maximum atomic E-state index is 14.5. The fourth-order valence-electron chi connectivity index (χ4n) is 8.25. The first-order chi connectivity index (χ1) is 22.3. The van der Waals surface area contributed by atoms with E-state index in [4.69, 9.17) is 14.2 Å². The first kappa shape index (κ1) is 30.5. The standard InChI is InChI=1S/C33H39FN6O6/c1-3-45-32(41)29-27-10-7-23(38(27)17-21-5-8-24(44-2)9-6-21)19-39(29)28-25-11-13-35-16-26(25)36-31(30(28)40(42)43)46-20-33-12-4-14-37(33)18-22(34)15-33/h5-6,8-9,11,13,16,22-23,27,29H,3-4,7,10,12,14-15,17-20H2,1-2H3/t22-,23+,27-,29?,33+/m1/s1. The van der Waals surface area contributed by atoms with Crippen molar-refractivity contribution < 1.29 is 28.3 Å². The topological polar surface area (TPSA) is 123 Å². The second-order valence-corrected chi connectivity index (χ2v) is 12.8. The molecule has 3 aromatic rings. The van der Waals surface area contributed by atoms with E-state index >= 15 is 0 Å². The monoisotopic (exact) mass is 634 g/mol. The summed E-state index contributed by atoms with van der Waals surface area (Å²) in [4.78, 5) is 41.4. The Morgan fingerprint density at radius 1 is 1.20 bits per heavy atom. The lowest BCUT2D eigenvalue weighted by molar-refractivity contribution is -0.385. The zero-order chi connectivity index (χ0) is 32.0. The smallest absolute Gasteiger partial charge is 0.354 e. The lowest BCUT2D eigenvalue weighted by Gasteiger charge is -2.46. The molecule has 0 spiro atoms. The summed E-state index contributed by atoms with van der Waals surface area (Å²) in [6.45, 7) is 4.15. The van der Waals surface area contributed by atoms with Gasteiger partial charge in [0.05, 0.1) is 35.9 Å². The maximum Gasteiger partial charge on any atom is 0.354 e. The molecule has 12 nitrogen and oxygen atoms in total. The van der Waals surface area contributed by atoms with E-state index in [2.05, 4.69) is 19.8 Å². The summed E-state index contributed by atoms with van der Waals surface area (Å²) in [5.74, 6) is 0.200. The van der Waals surface area contributed by atoms with Crippen LogP contribution >= 0.6 is 0 Å². The highest BCUT2D eigenvalue weighted by atomic mass is 19.1. The van der Waals surface area contributed by atoms with Crippen molar-refractivity contribution in [1.82, 2.24) is 19.8 Å². The summed E-state index contributed by atoms with van der Waals surface area (Å²) < 4.78 is 31.7. The van der Waals surface area contributed by atoms with Crippen molar-refractivity contribution in [2.75, 3.05) is 44.9 Å². The number of benzene rings is 1. The number of fused-ring (bicyclic) bond motifs is 4. The molecule has 1 unspecified atom stereocenters. The second kappa shape index (κ2) is 12.3. The largest absolute Gasteiger partial charge is 0.497 e. The van der Waals surface area contributed by atoms with Gasteiger partial charge >= 0.3 is 11.7 Å². The average Bonchev–Trinajstić information content (AvgIpc) is 3.66. The van der Waals surface area contributed by atoms with E-state index in [9.17, 15) is 19.3 Å². The Morgan fingerprint density at radius 3 is 2.78 bits per heavy atom. The van der Waals surface area contributed by atoms with Crippen molar-refractivity contribution in [3.05, 3.63) is 58.4 Å². The highest BCUT2D eigenvalue weighted by Crippen LogP contribution is 2.48. The molecule has 4 saturated heterocycles. The lowest BCUT2D eigenvalue weighted by atomic mass is 9.95. The molecule has 4 aliphatic heterocycles. The molecule has 6 heterocycles. The quantitative estimate of drug-likeness (QED) is 0.180. The third kappa shape index (κ3) is 5.28. The molecule has 0 N–H and O–H groups in total. The van der Waals surface area contributed by atoms with Gasteiger partial charge in [0.15, 0.2) is 0 Å². The number of ether oxygens (including phenoxy) is 3. The van der Waals surface area contributed by atoms with Crippen molar-refractivity contribution in [1.29, 1.82) is 0 Å². The number of aromatic nitrogens is 2. The van der Waals surface area contributed by atoms with E-state index in [0.29, 0.717) is 37.0 Å². The maximum absolute atomic E-state index is 14.5. The molecular weight excluding hydrogens is 595 g/mol. The van der Waals surface area contributed by atoms with Crippen LogP contribution in [0.3, 0.4) is 0 Å². The number of halogens is 1. The number of nitrogens with zero attached hydrogens (tertiary/aromatic N) is 6. The number of nitro groups is 1. The Labute approximate surface area is 266 Å². The summed E-state index contributed by atoms with van der Waals surface area (Å²) in [5.41, 5.74) is 0.968. The van der Waals surface area contributed by atoms with Crippen molar-refractivity contribution in [2.24, 2.45) is 0 Å². The van der Waals surface area contributed by atoms with Gasteiger partial charge < -0.3 is 19.1 Å². The summed E-state index contributed by atoms with van der Waals surface area (Å²) >= 11 is 0. The fraction of sp³-hybridized carbons (Fsp3) is 0.545. The molecule has 0 aliphatic carbocycles. The molecule has 5 atom stereocenters. The van der Waals surface area contributed by atoms with E-state index in [1.807, 2.05) is 29.2 Å². The third-order valence-electron chi connectivity index (χ3n) is 10.3. The van der Waals surface area contributed by atoms with E-state index in [0.717, 1.165) is 43.5 Å². The van der Waals surface area contributed by atoms with Crippen molar-refractivity contribution in [3.63, 3.8) is 0 Å². The van der Waals surface area contributed by atoms with Gasteiger partial charge in [-0.05, 0) is 62.9 Å². The molecule has 13 heteroatoms. The first-order valence-corrected chi connectivity index (χ1v) is 16.1. The minimum Gasteiger partial charge on any atom is -0.497 e. The van der Waals surface area contributed by atoms with E-state index in [1.165, 1.54) is 0 Å². The average molecular weight is 635 g/mol. The Kier molecular flexibility index (Phi) is 8.14. The number of pyridine rings is 2. The predicted octanol–water partition coefficient (Wildman–Crippen LogP) is 4.29. The molecule has 7 rings (SSSR count). The third-order valence-corrected chi connectivity index (χ3v) is 10.3. The minimum absolute atomic E-state index is 0.0396. The van der Waals surface area contributed by atoms with Crippen LogP contribution in [0, 0.1) is 10.1 Å². The SMILES string of the molecule is CCOC(=O)C1[C@H]2CC[C@@H](CN1c1c([N+](=O)[O-])c(OC[C@@]34CCCN3C[C@H](F)C4)nc3cnccc13)N2Cc1ccc(OC)cc1. The Morgan fingerprint density at radius 2 is 2.02 bits per heavy atom. The van der Waals surface area contributed by atoms with Gasteiger partial charge in [0.1, 0.15) is 30.3 Å². The number of carbonyl (C=O) groups excluding carboxylic acids is 1. The molecule has 46 heavy (non-hydrogen) atoms. The summed E-state index contributed by atoms with van der Waals surface area (Å²) in [7, 11) is 1.63. The highest BCUT2D eigenvalue weighted by molar-refractivity contribution is 6.00. The van der Waals surface area contributed by atoms with Crippen LogP contribution in [-0.2, 0) is 16.1 Å². The van der Waals surface area contributed by atoms with E-state index < -0.39 is 28.6 Å². The molecule has 4 fully saturated rings. The van der Waals surface area contributed by atoms with Crippen LogP contribution < -0.4 is 14.4 Å². The number of rotatable bonds is 10. The Bertz CT molecular complexity index is 1630. The number of hydrogen-bond acceptors (Lipinski definition) is 11. The first-order valence-electron chi connectivity index (χ1n) is 16.1. The van der Waals surface area contributed by atoms with Gasteiger partial charge in [-0.25, -0.2) is 14.2 Å². The normalized spacial score (nSPS) is 27.6. The van der Waals surface area contributed by atoms with Gasteiger partial charge in [-0.3, -0.25) is 24.9 Å².